The van der Waals surface area contributed by atoms with Gasteiger partial charge < -0.3 is 9.47 Å². The highest BCUT2D eigenvalue weighted by Crippen LogP contribution is 2.33. The molecule has 0 saturated carbocycles. The van der Waals surface area contributed by atoms with Crippen LogP contribution in [0.3, 0.4) is 0 Å². The summed E-state index contributed by atoms with van der Waals surface area (Å²) in [6.45, 7) is 5.99. The van der Waals surface area contributed by atoms with Gasteiger partial charge in [-0.1, -0.05) is 19.9 Å². The van der Waals surface area contributed by atoms with Gasteiger partial charge in [0.25, 0.3) is 0 Å². The average Bonchev–Trinajstić information content (AvgIpc) is 2.33. The van der Waals surface area contributed by atoms with Crippen molar-refractivity contribution in [1.29, 1.82) is 0 Å². The molecule has 0 fully saturated rings. The van der Waals surface area contributed by atoms with Crippen LogP contribution in [0.1, 0.15) is 25.0 Å². The standard InChI is InChI=1S/C11H13F3O2.C2H6/c1-8-3-4-9(16-6-5-15-2)7-10(8)11(12,13)14;1-2/h3-4,7H,5-6H2,1-2H3;1-2H3. The lowest BCUT2D eigenvalue weighted by atomic mass is 10.1. The Labute approximate surface area is 106 Å². The second-order valence-corrected chi connectivity index (χ2v) is 3.32. The summed E-state index contributed by atoms with van der Waals surface area (Å²) in [6.07, 6.45) is -4.34. The van der Waals surface area contributed by atoms with Crippen molar-refractivity contribution in [3.05, 3.63) is 29.3 Å². The lowest BCUT2D eigenvalue weighted by molar-refractivity contribution is -0.138. The lowest BCUT2D eigenvalue weighted by Gasteiger charge is -2.12. The fraction of sp³-hybridized carbons (Fsp3) is 0.538. The molecular formula is C13H19F3O2. The minimum absolute atomic E-state index is 0.187. The Morgan fingerprint density at radius 3 is 2.22 bits per heavy atom. The molecule has 0 saturated heterocycles. The Kier molecular flexibility index (Phi) is 7.43. The van der Waals surface area contributed by atoms with Crippen LogP contribution < -0.4 is 4.74 Å². The first-order chi connectivity index (χ1) is 8.45. The monoisotopic (exact) mass is 264 g/mol. The summed E-state index contributed by atoms with van der Waals surface area (Å²) < 4.78 is 47.5. The number of ether oxygens (including phenoxy) is 2. The maximum absolute atomic E-state index is 12.5. The van der Waals surface area contributed by atoms with E-state index in [1.807, 2.05) is 13.8 Å². The topological polar surface area (TPSA) is 18.5 Å². The van der Waals surface area contributed by atoms with E-state index in [2.05, 4.69) is 0 Å². The average molecular weight is 264 g/mol. The SMILES string of the molecule is CC.COCCOc1ccc(C)c(C(F)(F)F)c1. The second kappa shape index (κ2) is 7.97. The van der Waals surface area contributed by atoms with Crippen molar-refractivity contribution in [2.24, 2.45) is 0 Å². The summed E-state index contributed by atoms with van der Waals surface area (Å²) in [4.78, 5) is 0. The van der Waals surface area contributed by atoms with Crippen molar-refractivity contribution < 1.29 is 22.6 Å². The summed E-state index contributed by atoms with van der Waals surface area (Å²) in [5.74, 6) is 0.204. The van der Waals surface area contributed by atoms with Crippen molar-refractivity contribution >= 4 is 0 Å². The van der Waals surface area contributed by atoms with Crippen LogP contribution in [0.15, 0.2) is 18.2 Å². The van der Waals surface area contributed by atoms with Gasteiger partial charge in [-0.15, -0.1) is 0 Å². The molecule has 0 heterocycles. The second-order valence-electron chi connectivity index (χ2n) is 3.32. The quantitative estimate of drug-likeness (QED) is 0.763. The lowest BCUT2D eigenvalue weighted by Crippen LogP contribution is -2.09. The molecule has 1 aromatic rings. The van der Waals surface area contributed by atoms with Crippen molar-refractivity contribution in [3.8, 4) is 5.75 Å². The molecule has 0 aromatic heterocycles. The largest absolute Gasteiger partial charge is 0.491 e. The van der Waals surface area contributed by atoms with Gasteiger partial charge in [0.2, 0.25) is 0 Å². The number of aryl methyl sites for hydroxylation is 1. The highest BCUT2D eigenvalue weighted by molar-refractivity contribution is 5.36. The zero-order valence-electron chi connectivity index (χ0n) is 11.1. The van der Waals surface area contributed by atoms with Crippen LogP contribution in [-0.4, -0.2) is 20.3 Å². The molecule has 0 aliphatic heterocycles. The maximum atomic E-state index is 12.5. The van der Waals surface area contributed by atoms with Gasteiger partial charge in [0.05, 0.1) is 12.2 Å². The first-order valence-electron chi connectivity index (χ1n) is 5.74. The van der Waals surface area contributed by atoms with E-state index in [1.165, 1.54) is 26.2 Å². The summed E-state index contributed by atoms with van der Waals surface area (Å²) in [7, 11) is 1.50. The van der Waals surface area contributed by atoms with Crippen LogP contribution in [0, 0.1) is 6.92 Å². The molecule has 0 aliphatic carbocycles. The number of hydrogen-bond acceptors (Lipinski definition) is 2. The third-order valence-electron chi connectivity index (χ3n) is 2.07. The van der Waals surface area contributed by atoms with Crippen LogP contribution in [-0.2, 0) is 10.9 Å². The molecule has 1 aromatic carbocycles. The molecule has 5 heteroatoms. The summed E-state index contributed by atoms with van der Waals surface area (Å²) in [5, 5.41) is 0. The van der Waals surface area contributed by atoms with Gasteiger partial charge in [-0.25, -0.2) is 0 Å². The highest BCUT2D eigenvalue weighted by Gasteiger charge is 2.32. The van der Waals surface area contributed by atoms with Crippen LogP contribution in [0.4, 0.5) is 13.2 Å². The molecule has 2 nitrogen and oxygen atoms in total. The Morgan fingerprint density at radius 2 is 1.72 bits per heavy atom. The molecule has 0 spiro atoms. The van der Waals surface area contributed by atoms with Gasteiger partial charge in [-0.2, -0.15) is 13.2 Å². The molecule has 0 N–H and O–H groups in total. The molecule has 0 unspecified atom stereocenters. The van der Waals surface area contributed by atoms with Crippen molar-refractivity contribution in [1.82, 2.24) is 0 Å². The van der Waals surface area contributed by atoms with Gasteiger partial charge in [-0.3, -0.25) is 0 Å². The van der Waals surface area contributed by atoms with Crippen LogP contribution in [0.2, 0.25) is 0 Å². The predicted molar refractivity (Wildman–Crippen MR) is 64.9 cm³/mol. The molecule has 0 bridgehead atoms. The van der Waals surface area contributed by atoms with Gasteiger partial charge in [0.15, 0.2) is 0 Å². The maximum Gasteiger partial charge on any atom is 0.416 e. The third kappa shape index (κ3) is 5.40. The van der Waals surface area contributed by atoms with E-state index in [0.717, 1.165) is 6.07 Å². The van der Waals surface area contributed by atoms with E-state index in [1.54, 1.807) is 0 Å². The van der Waals surface area contributed by atoms with Crippen LogP contribution in [0.25, 0.3) is 0 Å². The zero-order valence-corrected chi connectivity index (χ0v) is 11.1. The minimum atomic E-state index is -4.34. The molecule has 104 valence electrons. The number of hydrogen-bond donors (Lipinski definition) is 0. The van der Waals surface area contributed by atoms with Crippen LogP contribution in [0.5, 0.6) is 5.75 Å². The normalized spacial score (nSPS) is 10.6. The number of benzene rings is 1. The number of methoxy groups -OCH3 is 1. The molecule has 18 heavy (non-hydrogen) atoms. The molecule has 0 radical (unpaired) electrons. The van der Waals surface area contributed by atoms with E-state index in [9.17, 15) is 13.2 Å². The summed E-state index contributed by atoms with van der Waals surface area (Å²) in [6, 6.07) is 3.91. The molecule has 1 rings (SSSR count). The first-order valence-corrected chi connectivity index (χ1v) is 5.74. The van der Waals surface area contributed by atoms with Crippen molar-refractivity contribution in [3.63, 3.8) is 0 Å². The number of halogens is 3. The van der Waals surface area contributed by atoms with Gasteiger partial charge in [0, 0.05) is 7.11 Å². The summed E-state index contributed by atoms with van der Waals surface area (Å²) in [5.41, 5.74) is -0.478. The molecular weight excluding hydrogens is 245 g/mol. The van der Waals surface area contributed by atoms with Gasteiger partial charge in [0.1, 0.15) is 12.4 Å². The van der Waals surface area contributed by atoms with E-state index in [0.29, 0.717) is 6.61 Å². The van der Waals surface area contributed by atoms with E-state index >= 15 is 0 Å². The van der Waals surface area contributed by atoms with Crippen LogP contribution >= 0.6 is 0 Å². The van der Waals surface area contributed by atoms with Crippen molar-refractivity contribution in [2.75, 3.05) is 20.3 Å². The van der Waals surface area contributed by atoms with Gasteiger partial charge >= 0.3 is 6.18 Å². The number of alkyl halides is 3. The third-order valence-corrected chi connectivity index (χ3v) is 2.07. The minimum Gasteiger partial charge on any atom is -0.491 e. The molecule has 0 atom stereocenters. The van der Waals surface area contributed by atoms with Crippen molar-refractivity contribution in [2.45, 2.75) is 26.9 Å². The van der Waals surface area contributed by atoms with E-state index in [4.69, 9.17) is 9.47 Å². The number of rotatable bonds is 4. The summed E-state index contributed by atoms with van der Waals surface area (Å²) >= 11 is 0. The molecule has 0 aliphatic rings. The Hall–Kier alpha value is -1.23. The fourth-order valence-electron chi connectivity index (χ4n) is 1.24. The fourth-order valence-corrected chi connectivity index (χ4v) is 1.24. The Bertz CT molecular complexity index is 349. The Morgan fingerprint density at radius 1 is 1.11 bits per heavy atom. The highest BCUT2D eigenvalue weighted by atomic mass is 19.4. The van der Waals surface area contributed by atoms with E-state index in [-0.39, 0.29) is 17.9 Å². The zero-order chi connectivity index (χ0) is 14.2. The predicted octanol–water partition coefficient (Wildman–Crippen LogP) is 4.07. The van der Waals surface area contributed by atoms with E-state index < -0.39 is 11.7 Å². The Balaban J connectivity index is 0.00000137. The van der Waals surface area contributed by atoms with Gasteiger partial charge in [-0.05, 0) is 24.6 Å². The first kappa shape index (κ1) is 16.8. The molecule has 0 amide bonds. The smallest absolute Gasteiger partial charge is 0.416 e.